The second-order valence-electron chi connectivity index (χ2n) is 3.90. The first-order valence-electron chi connectivity index (χ1n) is 6.09. The van der Waals surface area contributed by atoms with E-state index in [0.717, 1.165) is 5.69 Å². The van der Waals surface area contributed by atoms with Crippen molar-refractivity contribution in [3.63, 3.8) is 0 Å². The minimum atomic E-state index is -0.255. The molecule has 0 bridgehead atoms. The topological polar surface area (TPSA) is 94.1 Å². The summed E-state index contributed by atoms with van der Waals surface area (Å²) in [6.45, 7) is 0.312. The lowest BCUT2D eigenvalue weighted by molar-refractivity contribution is 0.303. The van der Waals surface area contributed by atoms with Gasteiger partial charge in [-0.2, -0.15) is 15.6 Å². The molecule has 0 radical (unpaired) electrons. The van der Waals surface area contributed by atoms with Gasteiger partial charge in [0.15, 0.2) is 0 Å². The van der Waals surface area contributed by atoms with E-state index in [9.17, 15) is 0 Å². The molecule has 21 heavy (non-hydrogen) atoms. The van der Waals surface area contributed by atoms with Crippen LogP contribution in [0.15, 0.2) is 53.8 Å². The first-order valence-corrected chi connectivity index (χ1v) is 6.09. The maximum absolute atomic E-state index is 8.64. The van der Waals surface area contributed by atoms with E-state index in [4.69, 9.17) is 15.3 Å². The van der Waals surface area contributed by atoms with Gasteiger partial charge in [-0.3, -0.25) is 10.4 Å². The fourth-order valence-electron chi connectivity index (χ4n) is 1.51. The number of benzene rings is 1. The van der Waals surface area contributed by atoms with Crippen molar-refractivity contribution >= 4 is 11.4 Å². The number of para-hydroxylation sites is 2. The first-order chi connectivity index (χ1) is 10.3. The Labute approximate surface area is 121 Å². The van der Waals surface area contributed by atoms with E-state index in [2.05, 4.69) is 15.5 Å². The Bertz CT molecular complexity index is 697. The smallest absolute Gasteiger partial charge is 0.237 e. The number of nitrogens with one attached hydrogen (secondary N) is 1. The molecule has 0 unspecified atom stereocenters. The van der Waals surface area contributed by atoms with E-state index in [1.54, 1.807) is 36.5 Å². The van der Waals surface area contributed by atoms with Gasteiger partial charge in [-0.05, 0) is 24.3 Å². The lowest BCUT2D eigenvalue weighted by Gasteiger charge is -2.10. The number of hydrogen-bond donors (Lipinski definition) is 1. The molecule has 0 spiro atoms. The summed E-state index contributed by atoms with van der Waals surface area (Å²) in [6.07, 6.45) is 1.69. The molecule has 2 aromatic rings. The first kappa shape index (κ1) is 14.0. The van der Waals surface area contributed by atoms with Crippen LogP contribution in [-0.2, 0) is 6.61 Å². The average molecular weight is 277 g/mol. The van der Waals surface area contributed by atoms with Crippen molar-refractivity contribution < 1.29 is 4.74 Å². The Morgan fingerprint density at radius 1 is 1.14 bits per heavy atom. The zero-order valence-corrected chi connectivity index (χ0v) is 11.0. The van der Waals surface area contributed by atoms with E-state index in [-0.39, 0.29) is 5.71 Å². The quantitative estimate of drug-likeness (QED) is 0.669. The maximum atomic E-state index is 8.64. The number of nitrogens with zero attached hydrogens (tertiary/aromatic N) is 4. The Morgan fingerprint density at radius 3 is 2.62 bits per heavy atom. The normalized spacial score (nSPS) is 9.05. The van der Waals surface area contributed by atoms with Crippen molar-refractivity contribution in [1.29, 1.82) is 10.5 Å². The molecule has 1 aromatic carbocycles. The standard InChI is InChI=1S/C15H11N5O/c16-9-13(10-17)19-20-14-6-1-2-7-15(14)21-11-12-5-3-4-8-18-12/h1-8,20H,11H2. The highest BCUT2D eigenvalue weighted by Gasteiger charge is 2.03. The fraction of sp³-hybridized carbons (Fsp3) is 0.0667. The van der Waals surface area contributed by atoms with Crippen LogP contribution in [0.4, 0.5) is 5.69 Å². The molecule has 0 atom stereocenters. The summed E-state index contributed by atoms with van der Waals surface area (Å²) >= 11 is 0. The van der Waals surface area contributed by atoms with Crippen molar-refractivity contribution in [3.05, 3.63) is 54.4 Å². The predicted octanol–water partition coefficient (Wildman–Crippen LogP) is 2.48. The third-order valence-electron chi connectivity index (χ3n) is 2.49. The second-order valence-corrected chi connectivity index (χ2v) is 3.90. The van der Waals surface area contributed by atoms with Crippen LogP contribution in [0.1, 0.15) is 5.69 Å². The van der Waals surface area contributed by atoms with Crippen molar-refractivity contribution in [2.45, 2.75) is 6.61 Å². The molecule has 0 amide bonds. The number of nitriles is 2. The molecule has 0 aliphatic carbocycles. The Hall–Kier alpha value is -3.38. The van der Waals surface area contributed by atoms with Crippen LogP contribution in [0, 0.1) is 22.7 Å². The van der Waals surface area contributed by atoms with Crippen molar-refractivity contribution in [3.8, 4) is 17.9 Å². The van der Waals surface area contributed by atoms with E-state index in [0.29, 0.717) is 18.0 Å². The van der Waals surface area contributed by atoms with E-state index in [1.165, 1.54) is 0 Å². The molecule has 0 fully saturated rings. The van der Waals surface area contributed by atoms with Gasteiger partial charge < -0.3 is 4.74 Å². The molecular weight excluding hydrogens is 266 g/mol. The Morgan fingerprint density at radius 2 is 1.90 bits per heavy atom. The largest absolute Gasteiger partial charge is 0.485 e. The molecule has 0 saturated carbocycles. The van der Waals surface area contributed by atoms with Gasteiger partial charge in [-0.25, -0.2) is 0 Å². The van der Waals surface area contributed by atoms with E-state index >= 15 is 0 Å². The molecule has 0 saturated heterocycles. The number of ether oxygens (including phenoxy) is 1. The third kappa shape index (κ3) is 4.05. The predicted molar refractivity (Wildman–Crippen MR) is 77.3 cm³/mol. The number of pyridine rings is 1. The van der Waals surface area contributed by atoms with Crippen molar-refractivity contribution in [1.82, 2.24) is 4.98 Å². The maximum Gasteiger partial charge on any atom is 0.237 e. The lowest BCUT2D eigenvalue weighted by Crippen LogP contribution is -2.01. The molecule has 1 aromatic heterocycles. The minimum Gasteiger partial charge on any atom is -0.485 e. The molecule has 6 heteroatoms. The minimum absolute atomic E-state index is 0.255. The zero-order chi connectivity index (χ0) is 14.9. The van der Waals surface area contributed by atoms with Crippen LogP contribution in [-0.4, -0.2) is 10.7 Å². The van der Waals surface area contributed by atoms with Crippen LogP contribution < -0.4 is 10.2 Å². The van der Waals surface area contributed by atoms with Crippen molar-refractivity contribution in [2.75, 3.05) is 5.43 Å². The third-order valence-corrected chi connectivity index (χ3v) is 2.49. The monoisotopic (exact) mass is 277 g/mol. The summed E-state index contributed by atoms with van der Waals surface area (Å²) in [6, 6.07) is 16.0. The molecule has 2 rings (SSSR count). The summed E-state index contributed by atoms with van der Waals surface area (Å²) in [7, 11) is 0. The fourth-order valence-corrected chi connectivity index (χ4v) is 1.51. The number of rotatable bonds is 5. The van der Waals surface area contributed by atoms with Crippen molar-refractivity contribution in [2.24, 2.45) is 5.10 Å². The highest BCUT2D eigenvalue weighted by Crippen LogP contribution is 2.24. The van der Waals surface area contributed by atoms with Gasteiger partial charge in [0.25, 0.3) is 0 Å². The van der Waals surface area contributed by atoms with Gasteiger partial charge in [-0.15, -0.1) is 0 Å². The van der Waals surface area contributed by atoms with Gasteiger partial charge in [0, 0.05) is 6.20 Å². The molecule has 6 nitrogen and oxygen atoms in total. The summed E-state index contributed by atoms with van der Waals surface area (Å²) < 4.78 is 5.66. The lowest BCUT2D eigenvalue weighted by atomic mass is 10.3. The van der Waals surface area contributed by atoms with Crippen LogP contribution in [0.2, 0.25) is 0 Å². The molecule has 0 aliphatic rings. The molecule has 1 heterocycles. The molecule has 102 valence electrons. The van der Waals surface area contributed by atoms with Gasteiger partial charge in [0.05, 0.1) is 11.4 Å². The van der Waals surface area contributed by atoms with Gasteiger partial charge in [-0.1, -0.05) is 18.2 Å². The number of aromatic nitrogens is 1. The highest BCUT2D eigenvalue weighted by atomic mass is 16.5. The SMILES string of the molecule is N#CC(C#N)=NNc1ccccc1OCc1ccccn1. The van der Waals surface area contributed by atoms with E-state index in [1.807, 2.05) is 24.3 Å². The summed E-state index contributed by atoms with van der Waals surface area (Å²) in [5.74, 6) is 0.558. The summed E-state index contributed by atoms with van der Waals surface area (Å²) in [4.78, 5) is 4.17. The van der Waals surface area contributed by atoms with Gasteiger partial charge in [0.1, 0.15) is 24.5 Å². The average Bonchev–Trinajstić information content (AvgIpc) is 2.56. The van der Waals surface area contributed by atoms with Crippen LogP contribution in [0.3, 0.4) is 0 Å². The summed E-state index contributed by atoms with van der Waals surface area (Å²) in [5.41, 5.74) is 3.76. The number of anilines is 1. The van der Waals surface area contributed by atoms with Crippen LogP contribution in [0.5, 0.6) is 5.75 Å². The molecule has 0 aliphatic heterocycles. The Kier molecular flexibility index (Phi) is 4.86. The molecular formula is C15H11N5O. The van der Waals surface area contributed by atoms with Gasteiger partial charge >= 0.3 is 0 Å². The number of hydrazone groups is 1. The second kappa shape index (κ2) is 7.27. The summed E-state index contributed by atoms with van der Waals surface area (Å²) in [5, 5.41) is 21.0. The van der Waals surface area contributed by atoms with Crippen LogP contribution >= 0.6 is 0 Å². The van der Waals surface area contributed by atoms with E-state index < -0.39 is 0 Å². The number of hydrogen-bond acceptors (Lipinski definition) is 6. The Balaban J connectivity index is 2.09. The highest BCUT2D eigenvalue weighted by molar-refractivity contribution is 6.10. The molecule has 1 N–H and O–H groups in total. The van der Waals surface area contributed by atoms with Gasteiger partial charge in [0.2, 0.25) is 5.71 Å². The van der Waals surface area contributed by atoms with Crippen LogP contribution in [0.25, 0.3) is 0 Å². The zero-order valence-electron chi connectivity index (χ0n) is 11.0.